The number of hydrogen-bond donors (Lipinski definition) is 2. The third-order valence-corrected chi connectivity index (χ3v) is 7.52. The van der Waals surface area contributed by atoms with Crippen molar-refractivity contribution in [3.63, 3.8) is 0 Å². The number of nitrogens with one attached hydrogen (secondary N) is 2. The van der Waals surface area contributed by atoms with Crippen molar-refractivity contribution in [1.82, 2.24) is 10.6 Å². The molecule has 1 aliphatic heterocycles. The van der Waals surface area contributed by atoms with E-state index in [-0.39, 0.29) is 40.4 Å². The number of para-hydroxylation sites is 1. The summed E-state index contributed by atoms with van der Waals surface area (Å²) >= 11 is 0. The van der Waals surface area contributed by atoms with E-state index >= 15 is 0 Å². The highest BCUT2D eigenvalue weighted by Gasteiger charge is 2.43. The summed E-state index contributed by atoms with van der Waals surface area (Å²) in [5, 5.41) is 6.99. The van der Waals surface area contributed by atoms with E-state index in [0.29, 0.717) is 12.3 Å². The molecule has 1 aliphatic carbocycles. The van der Waals surface area contributed by atoms with Gasteiger partial charge in [-0.2, -0.15) is 0 Å². The SMILES string of the molecule is CCNC(=NCCS(=O)C(C)(C)C)NC1CC2(CCCC2)Oc2ccccc21.I. The summed E-state index contributed by atoms with van der Waals surface area (Å²) in [4.78, 5) is 4.71. The standard InChI is InChI=1S/C22H35N3O2S.HI/c1-5-23-20(24-14-15-28(26)21(2,3)4)25-18-16-22(12-8-9-13-22)27-19-11-7-6-10-17(18)19;/h6-7,10-11,18H,5,8-9,12-16H2,1-4H3,(H2,23,24,25);1H. The van der Waals surface area contributed by atoms with E-state index in [1.807, 2.05) is 26.8 Å². The number of nitrogens with zero attached hydrogens (tertiary/aromatic N) is 1. The number of fused-ring (bicyclic) bond motifs is 1. The minimum atomic E-state index is -0.890. The Kier molecular flexibility index (Phi) is 8.82. The fraction of sp³-hybridized carbons (Fsp3) is 0.682. The Balaban J connectivity index is 0.00000300. The first-order valence-corrected chi connectivity index (χ1v) is 11.9. The van der Waals surface area contributed by atoms with Crippen molar-refractivity contribution >= 4 is 40.7 Å². The molecule has 29 heavy (non-hydrogen) atoms. The predicted octanol–water partition coefficient (Wildman–Crippen LogP) is 4.54. The Labute approximate surface area is 195 Å². The average Bonchev–Trinajstić information content (AvgIpc) is 3.08. The normalized spacial score (nSPS) is 21.7. The van der Waals surface area contributed by atoms with Crippen molar-refractivity contribution in [1.29, 1.82) is 0 Å². The molecule has 1 aromatic rings. The molecule has 1 heterocycles. The summed E-state index contributed by atoms with van der Waals surface area (Å²) < 4.78 is 18.6. The van der Waals surface area contributed by atoms with Crippen molar-refractivity contribution in [3.05, 3.63) is 29.8 Å². The molecule has 7 heteroatoms. The zero-order chi connectivity index (χ0) is 20.2. The maximum Gasteiger partial charge on any atom is 0.191 e. The molecule has 1 spiro atoms. The van der Waals surface area contributed by atoms with Gasteiger partial charge in [0.15, 0.2) is 5.96 Å². The van der Waals surface area contributed by atoms with Gasteiger partial charge in [0.05, 0.1) is 12.6 Å². The van der Waals surface area contributed by atoms with E-state index in [0.717, 1.165) is 37.5 Å². The summed E-state index contributed by atoms with van der Waals surface area (Å²) in [6.07, 6.45) is 5.68. The second-order valence-electron chi connectivity index (χ2n) is 8.85. The first-order valence-electron chi connectivity index (χ1n) is 10.5. The van der Waals surface area contributed by atoms with Gasteiger partial charge >= 0.3 is 0 Å². The van der Waals surface area contributed by atoms with Crippen LogP contribution in [0, 0.1) is 0 Å². The zero-order valence-electron chi connectivity index (χ0n) is 18.1. The molecule has 3 rings (SSSR count). The number of hydrogen-bond acceptors (Lipinski definition) is 3. The Morgan fingerprint density at radius 2 is 1.97 bits per heavy atom. The molecular weight excluding hydrogens is 497 g/mol. The van der Waals surface area contributed by atoms with Gasteiger partial charge in [-0.05, 0) is 59.4 Å². The number of benzene rings is 1. The van der Waals surface area contributed by atoms with E-state index in [4.69, 9.17) is 9.73 Å². The minimum absolute atomic E-state index is 0. The number of guanidine groups is 1. The third-order valence-electron chi connectivity index (χ3n) is 5.60. The molecule has 2 unspecified atom stereocenters. The largest absolute Gasteiger partial charge is 0.487 e. The van der Waals surface area contributed by atoms with Crippen LogP contribution in [-0.4, -0.2) is 39.4 Å². The van der Waals surface area contributed by atoms with Crippen molar-refractivity contribution in [2.45, 2.75) is 76.2 Å². The molecule has 1 fully saturated rings. The van der Waals surface area contributed by atoms with Crippen LogP contribution in [0.4, 0.5) is 0 Å². The highest BCUT2D eigenvalue weighted by molar-refractivity contribution is 14.0. The van der Waals surface area contributed by atoms with Gasteiger partial charge in [-0.15, -0.1) is 24.0 Å². The van der Waals surface area contributed by atoms with E-state index in [2.05, 4.69) is 35.8 Å². The Morgan fingerprint density at radius 3 is 2.62 bits per heavy atom. The molecule has 1 aromatic carbocycles. The minimum Gasteiger partial charge on any atom is -0.487 e. The lowest BCUT2D eigenvalue weighted by molar-refractivity contribution is 0.0396. The topological polar surface area (TPSA) is 62.7 Å². The molecule has 1 saturated carbocycles. The summed E-state index contributed by atoms with van der Waals surface area (Å²) in [5.74, 6) is 2.37. The maximum atomic E-state index is 12.3. The van der Waals surface area contributed by atoms with Crippen LogP contribution in [0.25, 0.3) is 0 Å². The molecule has 0 bridgehead atoms. The highest BCUT2D eigenvalue weighted by Crippen LogP contribution is 2.46. The summed E-state index contributed by atoms with van der Waals surface area (Å²) in [6, 6.07) is 8.52. The molecule has 2 aliphatic rings. The monoisotopic (exact) mass is 533 g/mol. The Bertz CT molecular complexity index is 727. The quantitative estimate of drug-likeness (QED) is 0.332. The van der Waals surface area contributed by atoms with Crippen LogP contribution in [-0.2, 0) is 10.8 Å². The van der Waals surface area contributed by atoms with Gasteiger partial charge in [0.2, 0.25) is 0 Å². The van der Waals surface area contributed by atoms with E-state index in [1.165, 1.54) is 18.4 Å². The maximum absolute atomic E-state index is 12.3. The Hall–Kier alpha value is -0.830. The molecule has 2 N–H and O–H groups in total. The molecule has 0 amide bonds. The fourth-order valence-electron chi connectivity index (χ4n) is 4.10. The van der Waals surface area contributed by atoms with Gasteiger partial charge in [0, 0.05) is 39.8 Å². The van der Waals surface area contributed by atoms with E-state index in [9.17, 15) is 4.21 Å². The first-order chi connectivity index (χ1) is 13.3. The van der Waals surface area contributed by atoms with Gasteiger partial charge in [0.25, 0.3) is 0 Å². The lowest BCUT2D eigenvalue weighted by Crippen LogP contribution is -2.46. The van der Waals surface area contributed by atoms with Crippen molar-refractivity contribution in [2.24, 2.45) is 4.99 Å². The van der Waals surface area contributed by atoms with Crippen LogP contribution in [0.1, 0.15) is 71.4 Å². The van der Waals surface area contributed by atoms with Gasteiger partial charge in [-0.1, -0.05) is 18.2 Å². The van der Waals surface area contributed by atoms with Crippen LogP contribution in [0.2, 0.25) is 0 Å². The number of rotatable bonds is 5. The van der Waals surface area contributed by atoms with Crippen LogP contribution in [0.15, 0.2) is 29.3 Å². The van der Waals surface area contributed by atoms with Crippen LogP contribution in [0.5, 0.6) is 5.75 Å². The highest BCUT2D eigenvalue weighted by atomic mass is 127. The van der Waals surface area contributed by atoms with E-state index < -0.39 is 10.8 Å². The average molecular weight is 534 g/mol. The van der Waals surface area contributed by atoms with Gasteiger partial charge < -0.3 is 15.4 Å². The molecule has 0 saturated heterocycles. The fourth-order valence-corrected chi connectivity index (χ4v) is 4.97. The molecule has 164 valence electrons. The molecule has 0 radical (unpaired) electrons. The number of aliphatic imine (C=N–C) groups is 1. The summed E-state index contributed by atoms with van der Waals surface area (Å²) in [6.45, 7) is 9.45. The predicted molar refractivity (Wildman–Crippen MR) is 133 cm³/mol. The molecule has 2 atom stereocenters. The second kappa shape index (κ2) is 10.5. The lowest BCUT2D eigenvalue weighted by Gasteiger charge is -2.40. The molecule has 0 aromatic heterocycles. The van der Waals surface area contributed by atoms with Crippen molar-refractivity contribution < 1.29 is 8.95 Å². The van der Waals surface area contributed by atoms with E-state index in [1.54, 1.807) is 0 Å². The number of halogens is 1. The lowest BCUT2D eigenvalue weighted by atomic mass is 9.86. The van der Waals surface area contributed by atoms with Crippen molar-refractivity contribution in [3.8, 4) is 5.75 Å². The van der Waals surface area contributed by atoms with Crippen LogP contribution < -0.4 is 15.4 Å². The molecular formula is C22H36IN3O2S. The van der Waals surface area contributed by atoms with Crippen LogP contribution >= 0.6 is 24.0 Å². The molecule has 5 nitrogen and oxygen atoms in total. The third kappa shape index (κ3) is 6.32. The summed E-state index contributed by atoms with van der Waals surface area (Å²) in [7, 11) is -0.890. The van der Waals surface area contributed by atoms with Crippen LogP contribution in [0.3, 0.4) is 0 Å². The zero-order valence-corrected chi connectivity index (χ0v) is 21.3. The second-order valence-corrected chi connectivity index (χ2v) is 11.2. The number of ether oxygens (including phenoxy) is 1. The van der Waals surface area contributed by atoms with Crippen molar-refractivity contribution in [2.75, 3.05) is 18.8 Å². The smallest absolute Gasteiger partial charge is 0.191 e. The summed E-state index contributed by atoms with van der Waals surface area (Å²) in [5.41, 5.74) is 1.15. The van der Waals surface area contributed by atoms with Gasteiger partial charge in [-0.3, -0.25) is 9.20 Å². The Morgan fingerprint density at radius 1 is 1.28 bits per heavy atom. The van der Waals surface area contributed by atoms with Gasteiger partial charge in [-0.25, -0.2) is 0 Å². The van der Waals surface area contributed by atoms with Gasteiger partial charge in [0.1, 0.15) is 11.4 Å². The first kappa shape index (κ1) is 24.4.